The molecule has 9 nitrogen and oxygen atoms in total. The summed E-state index contributed by atoms with van der Waals surface area (Å²) in [6, 6.07) is 4.55. The number of aromatic nitrogens is 1. The van der Waals surface area contributed by atoms with E-state index in [-0.39, 0.29) is 24.0 Å². The molecule has 5 rings (SSSR count). The average Bonchev–Trinajstić information content (AvgIpc) is 3.33. The minimum atomic E-state index is -0.263. The van der Waals surface area contributed by atoms with Crippen LogP contribution in [0.5, 0.6) is 5.75 Å². The Labute approximate surface area is 191 Å². The number of carboxylic acid groups (broad SMARTS) is 1. The van der Waals surface area contributed by atoms with Gasteiger partial charge in [0.1, 0.15) is 17.2 Å². The third kappa shape index (κ3) is 4.24. The van der Waals surface area contributed by atoms with Crippen LogP contribution in [0.3, 0.4) is 0 Å². The molecule has 1 atom stereocenters. The second-order valence-corrected chi connectivity index (χ2v) is 9.97. The number of anilines is 3. The SMILES string of the molecule is Cc1cc2c(cc1N1CCC(N)C1)OCCN2c1nc2c(s1)C(=O)NC(C)(C)C2.O=CO. The minimum Gasteiger partial charge on any atom is -0.489 e. The summed E-state index contributed by atoms with van der Waals surface area (Å²) in [7, 11) is 0. The zero-order valence-electron chi connectivity index (χ0n) is 18.6. The lowest BCUT2D eigenvalue weighted by Crippen LogP contribution is -2.48. The van der Waals surface area contributed by atoms with Gasteiger partial charge in [-0.15, -0.1) is 0 Å². The number of aryl methyl sites for hydroxylation is 1. The monoisotopic (exact) mass is 459 g/mol. The van der Waals surface area contributed by atoms with E-state index in [9.17, 15) is 4.79 Å². The van der Waals surface area contributed by atoms with Crippen LogP contribution in [0.15, 0.2) is 12.1 Å². The zero-order chi connectivity index (χ0) is 23.0. The van der Waals surface area contributed by atoms with E-state index in [1.165, 1.54) is 22.6 Å². The van der Waals surface area contributed by atoms with Crippen molar-refractivity contribution in [3.05, 3.63) is 28.3 Å². The number of amides is 1. The number of carbonyl (C=O) groups is 2. The second kappa shape index (κ2) is 8.59. The first-order chi connectivity index (χ1) is 15.2. The third-order valence-corrected chi connectivity index (χ3v) is 7.01. The van der Waals surface area contributed by atoms with Crippen LogP contribution in [-0.4, -0.2) is 60.3 Å². The Bertz CT molecular complexity index is 1040. The number of thiazole rings is 1. The Morgan fingerprint density at radius 3 is 2.78 bits per heavy atom. The number of nitrogens with one attached hydrogen (secondary N) is 1. The van der Waals surface area contributed by atoms with Gasteiger partial charge in [0.25, 0.3) is 12.4 Å². The molecule has 4 heterocycles. The Balaban J connectivity index is 0.000000775. The van der Waals surface area contributed by atoms with Gasteiger partial charge in [-0.1, -0.05) is 11.3 Å². The number of hydrogen-bond donors (Lipinski definition) is 3. The van der Waals surface area contributed by atoms with Gasteiger partial charge in [-0.2, -0.15) is 0 Å². The van der Waals surface area contributed by atoms with Crippen LogP contribution in [0.4, 0.5) is 16.5 Å². The van der Waals surface area contributed by atoms with Crippen LogP contribution < -0.4 is 25.6 Å². The first kappa shape index (κ1) is 22.3. The predicted molar refractivity (Wildman–Crippen MR) is 125 cm³/mol. The molecule has 0 aliphatic carbocycles. The molecule has 2 aromatic rings. The summed E-state index contributed by atoms with van der Waals surface area (Å²) < 4.78 is 6.01. The number of benzene rings is 1. The van der Waals surface area contributed by atoms with Crippen molar-refractivity contribution < 1.29 is 19.4 Å². The highest BCUT2D eigenvalue weighted by atomic mass is 32.1. The molecule has 0 radical (unpaired) electrons. The van der Waals surface area contributed by atoms with Gasteiger partial charge in [0.05, 0.1) is 17.9 Å². The molecule has 32 heavy (non-hydrogen) atoms. The maximum atomic E-state index is 12.5. The van der Waals surface area contributed by atoms with E-state index in [1.54, 1.807) is 0 Å². The highest BCUT2D eigenvalue weighted by Gasteiger charge is 2.35. The fraction of sp³-hybridized carbons (Fsp3) is 0.500. The number of rotatable bonds is 2. The summed E-state index contributed by atoms with van der Waals surface area (Å²) in [6.07, 6.45) is 1.77. The van der Waals surface area contributed by atoms with Crippen LogP contribution in [0.1, 0.15) is 41.2 Å². The molecule has 1 unspecified atom stereocenters. The fourth-order valence-corrected chi connectivity index (χ4v) is 5.50. The van der Waals surface area contributed by atoms with Crippen LogP contribution in [0.25, 0.3) is 0 Å². The van der Waals surface area contributed by atoms with Crippen molar-refractivity contribution in [3.63, 3.8) is 0 Å². The van der Waals surface area contributed by atoms with Crippen molar-refractivity contribution >= 4 is 40.2 Å². The molecular formula is C22H29N5O4S. The smallest absolute Gasteiger partial charge is 0.290 e. The Hall–Kier alpha value is -2.85. The molecule has 1 fully saturated rings. The molecule has 1 amide bonds. The molecule has 4 N–H and O–H groups in total. The molecule has 1 saturated heterocycles. The summed E-state index contributed by atoms with van der Waals surface area (Å²) in [5, 5.41) is 10.8. The fourth-order valence-electron chi connectivity index (χ4n) is 4.48. The van der Waals surface area contributed by atoms with E-state index in [2.05, 4.69) is 34.2 Å². The molecule has 0 saturated carbocycles. The van der Waals surface area contributed by atoms with Gasteiger partial charge < -0.3 is 30.7 Å². The highest BCUT2D eigenvalue weighted by molar-refractivity contribution is 7.17. The number of hydrogen-bond acceptors (Lipinski definition) is 8. The number of nitrogens with zero attached hydrogens (tertiary/aromatic N) is 3. The lowest BCUT2D eigenvalue weighted by molar-refractivity contribution is -0.122. The van der Waals surface area contributed by atoms with Gasteiger partial charge in [-0.3, -0.25) is 9.59 Å². The van der Waals surface area contributed by atoms with Crippen LogP contribution in [0, 0.1) is 6.92 Å². The van der Waals surface area contributed by atoms with Gasteiger partial charge in [0.2, 0.25) is 0 Å². The molecule has 0 spiro atoms. The van der Waals surface area contributed by atoms with E-state index >= 15 is 0 Å². The molecule has 1 aromatic carbocycles. The van der Waals surface area contributed by atoms with Crippen molar-refractivity contribution in [1.82, 2.24) is 10.3 Å². The summed E-state index contributed by atoms with van der Waals surface area (Å²) in [6.45, 7) is 9.13. The zero-order valence-corrected chi connectivity index (χ0v) is 19.4. The number of nitrogens with two attached hydrogens (primary N) is 1. The molecule has 0 bridgehead atoms. The second-order valence-electron chi connectivity index (χ2n) is 8.99. The summed E-state index contributed by atoms with van der Waals surface area (Å²) >= 11 is 1.47. The maximum absolute atomic E-state index is 12.5. The van der Waals surface area contributed by atoms with Crippen molar-refractivity contribution in [1.29, 1.82) is 0 Å². The highest BCUT2D eigenvalue weighted by Crippen LogP contribution is 2.43. The van der Waals surface area contributed by atoms with E-state index < -0.39 is 0 Å². The summed E-state index contributed by atoms with van der Waals surface area (Å²) in [5.41, 5.74) is 10.2. The Morgan fingerprint density at radius 1 is 1.34 bits per heavy atom. The van der Waals surface area contributed by atoms with E-state index in [0.717, 1.165) is 59.6 Å². The molecule has 172 valence electrons. The van der Waals surface area contributed by atoms with Crippen LogP contribution >= 0.6 is 11.3 Å². The summed E-state index contributed by atoms with van der Waals surface area (Å²) in [4.78, 5) is 31.0. The van der Waals surface area contributed by atoms with Gasteiger partial charge in [-0.25, -0.2) is 4.98 Å². The molecule has 1 aromatic heterocycles. The minimum absolute atomic E-state index is 0.0228. The largest absolute Gasteiger partial charge is 0.489 e. The van der Waals surface area contributed by atoms with Crippen molar-refractivity contribution in [3.8, 4) is 5.75 Å². The first-order valence-corrected chi connectivity index (χ1v) is 11.5. The van der Waals surface area contributed by atoms with Crippen LogP contribution in [0.2, 0.25) is 0 Å². The van der Waals surface area contributed by atoms with E-state index in [4.69, 9.17) is 25.4 Å². The number of fused-ring (bicyclic) bond motifs is 2. The van der Waals surface area contributed by atoms with Gasteiger partial charge in [0.15, 0.2) is 5.13 Å². The van der Waals surface area contributed by atoms with Gasteiger partial charge >= 0.3 is 0 Å². The van der Waals surface area contributed by atoms with E-state index in [0.29, 0.717) is 6.61 Å². The Morgan fingerprint density at radius 2 is 2.09 bits per heavy atom. The van der Waals surface area contributed by atoms with Crippen molar-refractivity contribution in [2.75, 3.05) is 36.0 Å². The number of carbonyl (C=O) groups excluding carboxylic acids is 1. The topological polar surface area (TPSA) is 121 Å². The van der Waals surface area contributed by atoms with Crippen LogP contribution in [-0.2, 0) is 11.2 Å². The average molecular weight is 460 g/mol. The quantitative estimate of drug-likeness (QED) is 0.585. The first-order valence-electron chi connectivity index (χ1n) is 10.7. The molecular weight excluding hydrogens is 430 g/mol. The van der Waals surface area contributed by atoms with E-state index in [1.807, 2.05) is 13.8 Å². The maximum Gasteiger partial charge on any atom is 0.290 e. The van der Waals surface area contributed by atoms with Crippen molar-refractivity contribution in [2.24, 2.45) is 5.73 Å². The number of ether oxygens (including phenoxy) is 1. The standard InChI is InChI=1S/C21H27N5O2S.CH2O2/c1-12-8-16-17(9-15(12)25-5-4-13(22)11-25)28-7-6-26(16)20-23-14-10-21(2,3)24-19(27)18(14)29-20;2-1-3/h8-9,13H,4-7,10-11,22H2,1-3H3,(H,24,27);1H,(H,2,3). The third-order valence-electron chi connectivity index (χ3n) is 5.89. The molecule has 3 aliphatic heterocycles. The molecule has 10 heteroatoms. The Kier molecular flexibility index (Phi) is 6.00. The lowest BCUT2D eigenvalue weighted by atomic mass is 9.94. The molecule has 3 aliphatic rings. The summed E-state index contributed by atoms with van der Waals surface area (Å²) in [5.74, 6) is 0.848. The van der Waals surface area contributed by atoms with Crippen molar-refractivity contribution in [2.45, 2.75) is 45.2 Å². The van der Waals surface area contributed by atoms with Gasteiger partial charge in [0, 0.05) is 42.8 Å². The normalized spacial score (nSPS) is 21.0. The predicted octanol–water partition coefficient (Wildman–Crippen LogP) is 2.28. The lowest BCUT2D eigenvalue weighted by Gasteiger charge is -2.31. The van der Waals surface area contributed by atoms with Gasteiger partial charge in [-0.05, 0) is 38.8 Å².